The largest absolute Gasteiger partial charge is 0.313 e. The highest BCUT2D eigenvalue weighted by molar-refractivity contribution is 7.99. The third-order valence-corrected chi connectivity index (χ3v) is 3.64. The van der Waals surface area contributed by atoms with Crippen molar-refractivity contribution < 1.29 is 0 Å². The van der Waals surface area contributed by atoms with E-state index >= 15 is 0 Å². The summed E-state index contributed by atoms with van der Waals surface area (Å²) < 4.78 is 0. The van der Waals surface area contributed by atoms with E-state index in [1.165, 1.54) is 12.8 Å². The standard InChI is InChI=1S/C11H13N3S/c12-7-9-3-1-6-14-11(9)15-8-10-4-2-5-13-10/h1,3,6,10,13H,2,4-5,8H2/t10-/m1/s1. The van der Waals surface area contributed by atoms with E-state index in [1.54, 1.807) is 24.0 Å². The summed E-state index contributed by atoms with van der Waals surface area (Å²) in [5.41, 5.74) is 0.681. The Labute approximate surface area is 93.9 Å². The van der Waals surface area contributed by atoms with Crippen molar-refractivity contribution in [2.45, 2.75) is 23.9 Å². The Morgan fingerprint density at radius 2 is 2.60 bits per heavy atom. The molecule has 1 aliphatic heterocycles. The maximum atomic E-state index is 8.89. The molecule has 1 saturated heterocycles. The van der Waals surface area contributed by atoms with Gasteiger partial charge in [0.05, 0.1) is 5.56 Å². The maximum Gasteiger partial charge on any atom is 0.114 e. The molecule has 1 atom stereocenters. The number of aromatic nitrogens is 1. The number of pyridine rings is 1. The summed E-state index contributed by atoms with van der Waals surface area (Å²) in [5, 5.41) is 13.2. The van der Waals surface area contributed by atoms with Crippen molar-refractivity contribution in [3.8, 4) is 6.07 Å². The Bertz CT molecular complexity index is 366. The molecule has 2 rings (SSSR count). The number of hydrogen-bond donors (Lipinski definition) is 1. The van der Waals surface area contributed by atoms with Crippen LogP contribution in [0.3, 0.4) is 0 Å². The lowest BCUT2D eigenvalue weighted by molar-refractivity contribution is 0.673. The van der Waals surface area contributed by atoms with Crippen LogP contribution in [0.2, 0.25) is 0 Å². The summed E-state index contributed by atoms with van der Waals surface area (Å²) in [6.45, 7) is 1.12. The molecule has 78 valence electrons. The monoisotopic (exact) mass is 219 g/mol. The molecule has 3 nitrogen and oxygen atoms in total. The first-order valence-corrected chi connectivity index (χ1v) is 6.10. The molecule has 0 spiro atoms. The predicted molar refractivity (Wildman–Crippen MR) is 60.7 cm³/mol. The van der Waals surface area contributed by atoms with E-state index in [-0.39, 0.29) is 0 Å². The first-order valence-electron chi connectivity index (χ1n) is 5.11. The molecule has 0 aromatic carbocycles. The molecular formula is C11H13N3S. The summed E-state index contributed by atoms with van der Waals surface area (Å²) in [7, 11) is 0. The number of rotatable bonds is 3. The van der Waals surface area contributed by atoms with E-state index in [0.29, 0.717) is 11.6 Å². The van der Waals surface area contributed by atoms with Crippen molar-refractivity contribution in [3.63, 3.8) is 0 Å². The summed E-state index contributed by atoms with van der Waals surface area (Å²) in [4.78, 5) is 4.22. The molecule has 1 aromatic heterocycles. The van der Waals surface area contributed by atoms with Crippen LogP contribution in [0.4, 0.5) is 0 Å². The molecule has 0 bridgehead atoms. The van der Waals surface area contributed by atoms with Crippen molar-refractivity contribution in [2.24, 2.45) is 0 Å². The molecular weight excluding hydrogens is 206 g/mol. The van der Waals surface area contributed by atoms with E-state index in [9.17, 15) is 0 Å². The highest BCUT2D eigenvalue weighted by Crippen LogP contribution is 2.22. The predicted octanol–water partition coefficient (Wildman–Crippen LogP) is 1.80. The Morgan fingerprint density at radius 3 is 3.33 bits per heavy atom. The lowest BCUT2D eigenvalue weighted by Crippen LogP contribution is -2.23. The number of thioether (sulfide) groups is 1. The molecule has 0 unspecified atom stereocenters. The first kappa shape index (κ1) is 10.5. The Kier molecular flexibility index (Phi) is 3.59. The van der Waals surface area contributed by atoms with E-state index in [0.717, 1.165) is 17.3 Å². The van der Waals surface area contributed by atoms with Crippen LogP contribution in [0.15, 0.2) is 23.4 Å². The zero-order chi connectivity index (χ0) is 10.5. The minimum Gasteiger partial charge on any atom is -0.313 e. The number of nitrogens with zero attached hydrogens (tertiary/aromatic N) is 2. The summed E-state index contributed by atoms with van der Waals surface area (Å²) in [5.74, 6) is 1.01. The Balaban J connectivity index is 1.95. The molecule has 0 saturated carbocycles. The summed E-state index contributed by atoms with van der Waals surface area (Å²) in [6.07, 6.45) is 4.24. The van der Waals surface area contributed by atoms with Crippen molar-refractivity contribution >= 4 is 11.8 Å². The number of nitriles is 1. The van der Waals surface area contributed by atoms with Crippen LogP contribution in [0, 0.1) is 11.3 Å². The van der Waals surface area contributed by atoms with Gasteiger partial charge in [-0.3, -0.25) is 0 Å². The van der Waals surface area contributed by atoms with Gasteiger partial charge in [-0.1, -0.05) is 0 Å². The molecule has 1 N–H and O–H groups in total. The van der Waals surface area contributed by atoms with Crippen LogP contribution in [-0.4, -0.2) is 23.3 Å². The zero-order valence-corrected chi connectivity index (χ0v) is 9.26. The number of nitrogens with one attached hydrogen (secondary N) is 1. The summed E-state index contributed by atoms with van der Waals surface area (Å²) in [6, 6.07) is 6.37. The lowest BCUT2D eigenvalue weighted by Gasteiger charge is -2.09. The SMILES string of the molecule is N#Cc1cccnc1SC[C@H]1CCCN1. The topological polar surface area (TPSA) is 48.7 Å². The molecule has 15 heavy (non-hydrogen) atoms. The molecule has 2 heterocycles. The van der Waals surface area contributed by atoms with Crippen LogP contribution in [0.25, 0.3) is 0 Å². The fourth-order valence-corrected chi connectivity index (χ4v) is 2.72. The fourth-order valence-electron chi connectivity index (χ4n) is 1.67. The van der Waals surface area contributed by atoms with Gasteiger partial charge < -0.3 is 5.32 Å². The van der Waals surface area contributed by atoms with Crippen LogP contribution in [0.5, 0.6) is 0 Å². The average Bonchev–Trinajstić information content (AvgIpc) is 2.79. The van der Waals surface area contributed by atoms with Gasteiger partial charge in [-0.2, -0.15) is 5.26 Å². The minimum absolute atomic E-state index is 0.587. The van der Waals surface area contributed by atoms with Gasteiger partial charge in [0.2, 0.25) is 0 Å². The van der Waals surface area contributed by atoms with E-state index in [1.807, 2.05) is 6.07 Å². The van der Waals surface area contributed by atoms with Gasteiger partial charge in [0.15, 0.2) is 0 Å². The van der Waals surface area contributed by atoms with Crippen LogP contribution in [0.1, 0.15) is 18.4 Å². The second-order valence-electron chi connectivity index (χ2n) is 3.57. The second kappa shape index (κ2) is 5.15. The Morgan fingerprint density at radius 1 is 1.67 bits per heavy atom. The van der Waals surface area contributed by atoms with Crippen molar-refractivity contribution in [2.75, 3.05) is 12.3 Å². The Hall–Kier alpha value is -1.05. The minimum atomic E-state index is 0.587. The zero-order valence-electron chi connectivity index (χ0n) is 8.44. The van der Waals surface area contributed by atoms with E-state index in [4.69, 9.17) is 5.26 Å². The van der Waals surface area contributed by atoms with Gasteiger partial charge in [0.25, 0.3) is 0 Å². The fraction of sp³-hybridized carbons (Fsp3) is 0.455. The van der Waals surface area contributed by atoms with E-state index in [2.05, 4.69) is 16.4 Å². The molecule has 1 aromatic rings. The molecule has 0 amide bonds. The summed E-state index contributed by atoms with van der Waals surface area (Å²) >= 11 is 1.67. The highest BCUT2D eigenvalue weighted by atomic mass is 32.2. The maximum absolute atomic E-state index is 8.89. The van der Waals surface area contributed by atoms with Gasteiger partial charge in [0, 0.05) is 18.0 Å². The molecule has 1 fully saturated rings. The smallest absolute Gasteiger partial charge is 0.114 e. The molecule has 0 aliphatic carbocycles. The van der Waals surface area contributed by atoms with Crippen LogP contribution < -0.4 is 5.32 Å². The molecule has 4 heteroatoms. The van der Waals surface area contributed by atoms with E-state index < -0.39 is 0 Å². The third kappa shape index (κ3) is 2.71. The van der Waals surface area contributed by atoms with Gasteiger partial charge in [0.1, 0.15) is 11.1 Å². The van der Waals surface area contributed by atoms with Gasteiger partial charge in [-0.15, -0.1) is 11.8 Å². The van der Waals surface area contributed by atoms with Gasteiger partial charge in [-0.25, -0.2) is 4.98 Å². The van der Waals surface area contributed by atoms with Crippen molar-refractivity contribution in [1.82, 2.24) is 10.3 Å². The quantitative estimate of drug-likeness (QED) is 0.787. The molecule has 1 aliphatic rings. The van der Waals surface area contributed by atoms with Gasteiger partial charge in [-0.05, 0) is 31.5 Å². The normalized spacial score (nSPS) is 20.1. The third-order valence-electron chi connectivity index (χ3n) is 2.48. The average molecular weight is 219 g/mol. The van der Waals surface area contributed by atoms with Crippen molar-refractivity contribution in [3.05, 3.63) is 23.9 Å². The molecule has 0 radical (unpaired) electrons. The van der Waals surface area contributed by atoms with Crippen LogP contribution >= 0.6 is 11.8 Å². The lowest BCUT2D eigenvalue weighted by atomic mass is 10.3. The highest BCUT2D eigenvalue weighted by Gasteiger charge is 2.15. The van der Waals surface area contributed by atoms with Gasteiger partial charge >= 0.3 is 0 Å². The van der Waals surface area contributed by atoms with Crippen LogP contribution in [-0.2, 0) is 0 Å². The first-order chi connectivity index (χ1) is 7.40. The second-order valence-corrected chi connectivity index (χ2v) is 4.58. The van der Waals surface area contributed by atoms with Crippen molar-refractivity contribution in [1.29, 1.82) is 5.26 Å². The number of hydrogen-bond acceptors (Lipinski definition) is 4.